The van der Waals surface area contributed by atoms with Gasteiger partial charge in [-0.15, -0.1) is 0 Å². The number of epoxide rings is 1. The van der Waals surface area contributed by atoms with E-state index in [2.05, 4.69) is 81.4 Å². The third-order valence-corrected chi connectivity index (χ3v) is 10.3. The molecule has 0 saturated carbocycles. The molecule has 1 aliphatic rings. The van der Waals surface area contributed by atoms with Crippen LogP contribution in [0.2, 0.25) is 5.04 Å². The van der Waals surface area contributed by atoms with E-state index < -0.39 is 8.32 Å². The summed E-state index contributed by atoms with van der Waals surface area (Å²) in [5.74, 6) is 1.66. The van der Waals surface area contributed by atoms with Crippen LogP contribution in [0.4, 0.5) is 0 Å². The summed E-state index contributed by atoms with van der Waals surface area (Å²) in [6.45, 7) is 8.22. The van der Waals surface area contributed by atoms with Gasteiger partial charge >= 0.3 is 8.32 Å². The lowest BCUT2D eigenvalue weighted by atomic mass is 10.2. The third-order valence-electron chi connectivity index (χ3n) is 5.33. The highest BCUT2D eigenvalue weighted by Crippen LogP contribution is 2.38. The van der Waals surface area contributed by atoms with Gasteiger partial charge in [0.1, 0.15) is 24.2 Å². The molecule has 3 aromatic rings. The van der Waals surface area contributed by atoms with Gasteiger partial charge in [-0.05, 0) is 27.5 Å². The van der Waals surface area contributed by atoms with Crippen molar-refractivity contribution >= 4 is 18.7 Å². The van der Waals surface area contributed by atoms with Crippen molar-refractivity contribution in [2.75, 3.05) is 13.2 Å². The standard InChI is InChI=1S/C25H28O3Si/c1-25(2,3)29(23-13-6-4-7-14-23,24-15-8-5-9-16-24)28-21-12-10-11-20(17-21)26-18-22-19-27-22/h4-17,22H,18-19H2,1-3H3. The van der Waals surface area contributed by atoms with E-state index in [1.54, 1.807) is 0 Å². The van der Waals surface area contributed by atoms with Gasteiger partial charge in [-0.2, -0.15) is 0 Å². The van der Waals surface area contributed by atoms with Gasteiger partial charge in [-0.1, -0.05) is 87.5 Å². The predicted octanol–water partition coefficient (Wildman–Crippen LogP) is 4.40. The number of hydrogen-bond acceptors (Lipinski definition) is 3. The molecule has 4 rings (SSSR count). The summed E-state index contributed by atoms with van der Waals surface area (Å²) in [5.41, 5.74) is 0. The number of rotatable bonds is 7. The first-order valence-corrected chi connectivity index (χ1v) is 12.0. The fourth-order valence-corrected chi connectivity index (χ4v) is 8.22. The molecule has 1 unspecified atom stereocenters. The first kappa shape index (κ1) is 19.7. The van der Waals surface area contributed by atoms with E-state index >= 15 is 0 Å². The maximum Gasteiger partial charge on any atom is 0.319 e. The summed E-state index contributed by atoms with van der Waals surface area (Å²) in [6.07, 6.45) is 0.233. The molecule has 0 spiro atoms. The molecule has 1 atom stereocenters. The molecule has 0 bridgehead atoms. The lowest BCUT2D eigenvalue weighted by Crippen LogP contribution is -2.68. The second-order valence-corrected chi connectivity index (χ2v) is 12.7. The van der Waals surface area contributed by atoms with Crippen molar-refractivity contribution in [2.45, 2.75) is 31.9 Å². The van der Waals surface area contributed by atoms with E-state index in [-0.39, 0.29) is 11.1 Å². The van der Waals surface area contributed by atoms with Gasteiger partial charge in [-0.3, -0.25) is 0 Å². The second-order valence-electron chi connectivity index (χ2n) is 8.51. The van der Waals surface area contributed by atoms with Crippen molar-refractivity contribution < 1.29 is 13.9 Å². The third kappa shape index (κ3) is 4.24. The SMILES string of the molecule is CC(C)(C)[Si](Oc1cccc(OCC2CO2)c1)(c1ccccc1)c1ccccc1. The number of hydrogen-bond donors (Lipinski definition) is 0. The summed E-state index contributed by atoms with van der Waals surface area (Å²) in [6, 6.07) is 29.3. The lowest BCUT2D eigenvalue weighted by Gasteiger charge is -2.43. The van der Waals surface area contributed by atoms with Gasteiger partial charge in [0.05, 0.1) is 6.61 Å². The van der Waals surface area contributed by atoms with Crippen LogP contribution in [0.3, 0.4) is 0 Å². The predicted molar refractivity (Wildman–Crippen MR) is 120 cm³/mol. The van der Waals surface area contributed by atoms with Crippen LogP contribution in [-0.4, -0.2) is 27.6 Å². The van der Waals surface area contributed by atoms with E-state index in [1.165, 1.54) is 10.4 Å². The Labute approximate surface area is 174 Å². The Morgan fingerprint density at radius 3 is 1.90 bits per heavy atom. The second kappa shape index (κ2) is 8.05. The van der Waals surface area contributed by atoms with Gasteiger partial charge in [0, 0.05) is 6.07 Å². The molecule has 3 nitrogen and oxygen atoms in total. The molecular weight excluding hydrogens is 376 g/mol. The van der Waals surface area contributed by atoms with Crippen LogP contribution >= 0.6 is 0 Å². The Bertz CT molecular complexity index is 892. The minimum atomic E-state index is -2.63. The van der Waals surface area contributed by atoms with Crippen molar-refractivity contribution in [1.29, 1.82) is 0 Å². The fraction of sp³-hybridized carbons (Fsp3) is 0.280. The summed E-state index contributed by atoms with van der Waals surface area (Å²) in [4.78, 5) is 0. The molecule has 3 aromatic carbocycles. The maximum atomic E-state index is 7.03. The van der Waals surface area contributed by atoms with Crippen LogP contribution in [0.1, 0.15) is 20.8 Å². The smallest absolute Gasteiger partial charge is 0.319 e. The summed E-state index contributed by atoms with van der Waals surface area (Å²) in [5, 5.41) is 2.45. The fourth-order valence-electron chi connectivity index (χ4n) is 3.81. The van der Waals surface area contributed by atoms with E-state index in [0.29, 0.717) is 6.61 Å². The molecule has 0 N–H and O–H groups in total. The highest BCUT2D eigenvalue weighted by molar-refractivity contribution is 7.00. The molecule has 29 heavy (non-hydrogen) atoms. The quantitative estimate of drug-likeness (QED) is 0.432. The molecule has 0 amide bonds. The van der Waals surface area contributed by atoms with Gasteiger partial charge in [0.2, 0.25) is 0 Å². The zero-order valence-electron chi connectivity index (χ0n) is 17.3. The molecular formula is C25H28O3Si. The van der Waals surface area contributed by atoms with E-state index in [4.69, 9.17) is 13.9 Å². The number of benzene rings is 3. The average molecular weight is 405 g/mol. The molecule has 1 heterocycles. The van der Waals surface area contributed by atoms with E-state index in [9.17, 15) is 0 Å². The molecule has 0 aliphatic carbocycles. The molecule has 1 saturated heterocycles. The van der Waals surface area contributed by atoms with Gasteiger partial charge < -0.3 is 13.9 Å². The Balaban J connectivity index is 1.77. The first-order valence-electron chi connectivity index (χ1n) is 10.1. The highest BCUT2D eigenvalue weighted by Gasteiger charge is 2.52. The molecule has 0 aromatic heterocycles. The van der Waals surface area contributed by atoms with Crippen LogP contribution in [0.5, 0.6) is 11.5 Å². The average Bonchev–Trinajstić information content (AvgIpc) is 3.56. The van der Waals surface area contributed by atoms with Crippen LogP contribution in [0.15, 0.2) is 84.9 Å². The summed E-state index contributed by atoms with van der Waals surface area (Å²) in [7, 11) is -2.63. The Morgan fingerprint density at radius 2 is 1.38 bits per heavy atom. The van der Waals surface area contributed by atoms with Crippen LogP contribution in [0.25, 0.3) is 0 Å². The van der Waals surface area contributed by atoms with Crippen molar-refractivity contribution in [3.63, 3.8) is 0 Å². The summed E-state index contributed by atoms with van der Waals surface area (Å²) < 4.78 is 18.2. The van der Waals surface area contributed by atoms with Crippen molar-refractivity contribution in [3.05, 3.63) is 84.9 Å². The monoisotopic (exact) mass is 404 g/mol. The van der Waals surface area contributed by atoms with Crippen LogP contribution < -0.4 is 19.5 Å². The number of ether oxygens (including phenoxy) is 2. The normalized spacial score (nSPS) is 16.3. The largest absolute Gasteiger partial charge is 0.534 e. The Kier molecular flexibility index (Phi) is 5.48. The zero-order valence-corrected chi connectivity index (χ0v) is 18.3. The van der Waals surface area contributed by atoms with Gasteiger partial charge in [0.15, 0.2) is 0 Å². The zero-order chi connectivity index (χ0) is 20.3. The van der Waals surface area contributed by atoms with Gasteiger partial charge in [0.25, 0.3) is 0 Å². The maximum absolute atomic E-state index is 7.03. The molecule has 1 fully saturated rings. The van der Waals surface area contributed by atoms with E-state index in [1.807, 2.05) is 24.3 Å². The van der Waals surface area contributed by atoms with Crippen molar-refractivity contribution in [3.8, 4) is 11.5 Å². The minimum absolute atomic E-state index is 0.0750. The van der Waals surface area contributed by atoms with Crippen molar-refractivity contribution in [1.82, 2.24) is 0 Å². The molecule has 150 valence electrons. The highest BCUT2D eigenvalue weighted by atomic mass is 28.4. The molecule has 4 heteroatoms. The summed E-state index contributed by atoms with van der Waals surface area (Å²) >= 11 is 0. The molecule has 1 aliphatic heterocycles. The topological polar surface area (TPSA) is 31.0 Å². The van der Waals surface area contributed by atoms with Gasteiger partial charge in [-0.25, -0.2) is 0 Å². The minimum Gasteiger partial charge on any atom is -0.534 e. The molecule has 0 radical (unpaired) electrons. The van der Waals surface area contributed by atoms with E-state index in [0.717, 1.165) is 18.1 Å². The Morgan fingerprint density at radius 1 is 0.828 bits per heavy atom. The lowest BCUT2D eigenvalue weighted by molar-refractivity contribution is 0.262. The first-order chi connectivity index (χ1) is 14.0. The van der Waals surface area contributed by atoms with Crippen molar-refractivity contribution in [2.24, 2.45) is 0 Å². The van der Waals surface area contributed by atoms with Crippen LogP contribution in [-0.2, 0) is 4.74 Å². The van der Waals surface area contributed by atoms with Crippen LogP contribution in [0, 0.1) is 0 Å². The Hall–Kier alpha value is -2.56.